The van der Waals surface area contributed by atoms with Gasteiger partial charge in [-0.1, -0.05) is 6.07 Å². The van der Waals surface area contributed by atoms with Gasteiger partial charge in [0.25, 0.3) is 0 Å². The zero-order valence-corrected chi connectivity index (χ0v) is 16.1. The van der Waals surface area contributed by atoms with E-state index in [1.54, 1.807) is 0 Å². The second-order valence-electron chi connectivity index (χ2n) is 6.96. The molecule has 26 heavy (non-hydrogen) atoms. The minimum atomic E-state index is 0.130. The standard InChI is InChI=1S/C19H31N5O2/c1-4-20-19(22-13-15-7-5-9-21-18(15)23(2)3)24-10-12-26-17(14-24)16-8-6-11-25-16/h5,7,9,16-17H,4,6,8,10-14H2,1-3H3,(H,20,22). The van der Waals surface area contributed by atoms with E-state index in [0.29, 0.717) is 13.2 Å². The first-order valence-corrected chi connectivity index (χ1v) is 9.56. The molecule has 7 nitrogen and oxygen atoms in total. The molecular formula is C19H31N5O2. The van der Waals surface area contributed by atoms with Crippen LogP contribution in [0, 0.1) is 0 Å². The zero-order valence-electron chi connectivity index (χ0n) is 16.1. The van der Waals surface area contributed by atoms with Gasteiger partial charge in [-0.15, -0.1) is 0 Å². The third-order valence-corrected chi connectivity index (χ3v) is 4.80. The molecule has 2 aliphatic heterocycles. The fraction of sp³-hybridized carbons (Fsp3) is 0.684. The Hall–Kier alpha value is -1.86. The normalized spacial score (nSPS) is 24.0. The predicted molar refractivity (Wildman–Crippen MR) is 104 cm³/mol. The largest absolute Gasteiger partial charge is 0.375 e. The van der Waals surface area contributed by atoms with Crippen LogP contribution in [0.15, 0.2) is 23.3 Å². The number of nitrogens with zero attached hydrogens (tertiary/aromatic N) is 4. The fourth-order valence-corrected chi connectivity index (χ4v) is 3.53. The third-order valence-electron chi connectivity index (χ3n) is 4.80. The summed E-state index contributed by atoms with van der Waals surface area (Å²) in [6, 6.07) is 4.05. The van der Waals surface area contributed by atoms with E-state index < -0.39 is 0 Å². The predicted octanol–water partition coefficient (Wildman–Crippen LogP) is 1.49. The molecule has 0 aliphatic carbocycles. The lowest BCUT2D eigenvalue weighted by Crippen LogP contribution is -2.53. The number of pyridine rings is 1. The number of aliphatic imine (C=N–C) groups is 1. The Kier molecular flexibility index (Phi) is 6.68. The maximum absolute atomic E-state index is 5.97. The number of aromatic nitrogens is 1. The molecule has 144 valence electrons. The molecule has 0 saturated carbocycles. The molecule has 2 saturated heterocycles. The summed E-state index contributed by atoms with van der Waals surface area (Å²) in [5.74, 6) is 1.90. The molecule has 0 amide bonds. The van der Waals surface area contributed by atoms with Crippen LogP contribution in [-0.2, 0) is 16.0 Å². The number of anilines is 1. The van der Waals surface area contributed by atoms with E-state index in [2.05, 4.69) is 28.2 Å². The zero-order chi connectivity index (χ0) is 18.4. The van der Waals surface area contributed by atoms with Gasteiger partial charge in [-0.3, -0.25) is 0 Å². The Labute approximate surface area is 156 Å². The number of rotatable bonds is 5. The lowest BCUT2D eigenvalue weighted by molar-refractivity contribution is -0.0817. The summed E-state index contributed by atoms with van der Waals surface area (Å²) in [6.45, 7) is 6.79. The molecule has 2 fully saturated rings. The van der Waals surface area contributed by atoms with Crippen molar-refractivity contribution in [3.63, 3.8) is 0 Å². The smallest absolute Gasteiger partial charge is 0.194 e. The van der Waals surface area contributed by atoms with Gasteiger partial charge in [-0.05, 0) is 25.8 Å². The van der Waals surface area contributed by atoms with Crippen molar-refractivity contribution in [1.82, 2.24) is 15.2 Å². The lowest BCUT2D eigenvalue weighted by Gasteiger charge is -2.37. The first-order valence-electron chi connectivity index (χ1n) is 9.56. The van der Waals surface area contributed by atoms with Gasteiger partial charge in [-0.25, -0.2) is 9.98 Å². The molecule has 0 aromatic carbocycles. The van der Waals surface area contributed by atoms with Gasteiger partial charge >= 0.3 is 0 Å². The van der Waals surface area contributed by atoms with Crippen LogP contribution >= 0.6 is 0 Å². The second-order valence-corrected chi connectivity index (χ2v) is 6.96. The Bertz CT molecular complexity index is 601. The first kappa shape index (κ1) is 18.9. The monoisotopic (exact) mass is 361 g/mol. The van der Waals surface area contributed by atoms with Crippen molar-refractivity contribution < 1.29 is 9.47 Å². The average molecular weight is 361 g/mol. The highest BCUT2D eigenvalue weighted by Gasteiger charge is 2.32. The van der Waals surface area contributed by atoms with Crippen LogP contribution in [0.1, 0.15) is 25.3 Å². The molecule has 2 unspecified atom stereocenters. The van der Waals surface area contributed by atoms with Crippen LogP contribution in [0.25, 0.3) is 0 Å². The summed E-state index contributed by atoms with van der Waals surface area (Å²) < 4.78 is 11.8. The topological polar surface area (TPSA) is 62.2 Å². The maximum atomic E-state index is 5.97. The van der Waals surface area contributed by atoms with Crippen LogP contribution in [0.4, 0.5) is 5.82 Å². The van der Waals surface area contributed by atoms with Gasteiger partial charge in [-0.2, -0.15) is 0 Å². The summed E-state index contributed by atoms with van der Waals surface area (Å²) >= 11 is 0. The molecule has 1 aromatic rings. The van der Waals surface area contributed by atoms with Crippen molar-refractivity contribution in [2.75, 3.05) is 51.8 Å². The van der Waals surface area contributed by atoms with Crippen molar-refractivity contribution in [3.05, 3.63) is 23.9 Å². The van der Waals surface area contributed by atoms with E-state index in [-0.39, 0.29) is 12.2 Å². The Balaban J connectivity index is 1.70. The molecule has 1 aromatic heterocycles. The molecule has 0 radical (unpaired) electrons. The molecule has 0 bridgehead atoms. The van der Waals surface area contributed by atoms with E-state index in [4.69, 9.17) is 14.5 Å². The Morgan fingerprint density at radius 3 is 2.92 bits per heavy atom. The van der Waals surface area contributed by atoms with E-state index >= 15 is 0 Å². The minimum absolute atomic E-state index is 0.130. The average Bonchev–Trinajstić information content (AvgIpc) is 3.20. The van der Waals surface area contributed by atoms with Crippen molar-refractivity contribution in [3.8, 4) is 0 Å². The number of nitrogens with one attached hydrogen (secondary N) is 1. The summed E-state index contributed by atoms with van der Waals surface area (Å²) in [4.78, 5) is 13.7. The molecule has 3 heterocycles. The number of hydrogen-bond acceptors (Lipinski definition) is 5. The Morgan fingerprint density at radius 2 is 2.19 bits per heavy atom. The molecule has 3 rings (SSSR count). The van der Waals surface area contributed by atoms with Crippen molar-refractivity contribution in [1.29, 1.82) is 0 Å². The second kappa shape index (κ2) is 9.19. The highest BCUT2D eigenvalue weighted by atomic mass is 16.5. The van der Waals surface area contributed by atoms with Gasteiger partial charge in [0.2, 0.25) is 0 Å². The van der Waals surface area contributed by atoms with Gasteiger partial charge < -0.3 is 24.6 Å². The van der Waals surface area contributed by atoms with E-state index in [1.807, 2.05) is 31.3 Å². The van der Waals surface area contributed by atoms with Gasteiger partial charge in [0.05, 0.1) is 19.3 Å². The van der Waals surface area contributed by atoms with Gasteiger partial charge in [0.15, 0.2) is 5.96 Å². The maximum Gasteiger partial charge on any atom is 0.194 e. The van der Waals surface area contributed by atoms with Crippen LogP contribution in [0.2, 0.25) is 0 Å². The van der Waals surface area contributed by atoms with E-state index in [9.17, 15) is 0 Å². The van der Waals surface area contributed by atoms with Crippen LogP contribution < -0.4 is 10.2 Å². The molecule has 0 spiro atoms. The quantitative estimate of drug-likeness (QED) is 0.633. The van der Waals surface area contributed by atoms with E-state index in [0.717, 1.165) is 56.4 Å². The number of hydrogen-bond donors (Lipinski definition) is 1. The number of ether oxygens (including phenoxy) is 2. The molecular weight excluding hydrogens is 330 g/mol. The van der Waals surface area contributed by atoms with Crippen molar-refractivity contribution in [2.45, 2.75) is 38.5 Å². The number of guanidine groups is 1. The molecule has 2 aliphatic rings. The number of morpholine rings is 1. The molecule has 7 heteroatoms. The van der Waals surface area contributed by atoms with Gasteiger partial charge in [0.1, 0.15) is 11.9 Å². The third kappa shape index (κ3) is 4.65. The van der Waals surface area contributed by atoms with Crippen molar-refractivity contribution in [2.24, 2.45) is 4.99 Å². The SMILES string of the molecule is CCNC(=NCc1cccnc1N(C)C)N1CCOC(C2CCCO2)C1. The molecule has 1 N–H and O–H groups in total. The molecule has 2 atom stereocenters. The van der Waals surface area contributed by atoms with Crippen LogP contribution in [-0.4, -0.2) is 75.0 Å². The summed E-state index contributed by atoms with van der Waals surface area (Å²) in [7, 11) is 4.02. The van der Waals surface area contributed by atoms with E-state index in [1.165, 1.54) is 0 Å². The fourth-order valence-electron chi connectivity index (χ4n) is 3.53. The highest BCUT2D eigenvalue weighted by molar-refractivity contribution is 5.80. The van der Waals surface area contributed by atoms with Gasteiger partial charge in [0, 0.05) is 52.1 Å². The highest BCUT2D eigenvalue weighted by Crippen LogP contribution is 2.21. The van der Waals surface area contributed by atoms with Crippen molar-refractivity contribution >= 4 is 11.8 Å². The summed E-state index contributed by atoms with van der Waals surface area (Å²) in [5, 5.41) is 3.43. The summed E-state index contributed by atoms with van der Waals surface area (Å²) in [6.07, 6.45) is 4.40. The van der Waals surface area contributed by atoms with Crippen LogP contribution in [0.3, 0.4) is 0 Å². The lowest BCUT2D eigenvalue weighted by atomic mass is 10.1. The van der Waals surface area contributed by atoms with Crippen LogP contribution in [0.5, 0.6) is 0 Å². The first-order chi connectivity index (χ1) is 12.7. The summed E-state index contributed by atoms with van der Waals surface area (Å²) in [5.41, 5.74) is 1.12. The Morgan fingerprint density at radius 1 is 1.35 bits per heavy atom. The minimum Gasteiger partial charge on any atom is -0.375 e.